The minimum atomic E-state index is -4.24. The molecule has 20 heavy (non-hydrogen) atoms. The predicted molar refractivity (Wildman–Crippen MR) is 69.9 cm³/mol. The Kier molecular flexibility index (Phi) is 4.79. The Balaban J connectivity index is 3.49. The van der Waals surface area contributed by atoms with Crippen molar-refractivity contribution in [1.82, 2.24) is 4.31 Å². The van der Waals surface area contributed by atoms with Crippen LogP contribution in [0.3, 0.4) is 0 Å². The van der Waals surface area contributed by atoms with E-state index in [0.29, 0.717) is 4.31 Å². The van der Waals surface area contributed by atoms with Gasteiger partial charge in [0.25, 0.3) is 15.7 Å². The molecule has 8 nitrogen and oxygen atoms in total. The van der Waals surface area contributed by atoms with Crippen molar-refractivity contribution in [2.45, 2.75) is 18.7 Å². The van der Waals surface area contributed by atoms with E-state index in [0.717, 1.165) is 6.07 Å². The van der Waals surface area contributed by atoms with E-state index >= 15 is 0 Å². The van der Waals surface area contributed by atoms with Gasteiger partial charge in [0.05, 0.1) is 4.92 Å². The number of aliphatic carboxylic acids is 1. The molecule has 1 aromatic rings. The first kappa shape index (κ1) is 16.1. The van der Waals surface area contributed by atoms with Gasteiger partial charge in [0.2, 0.25) is 0 Å². The van der Waals surface area contributed by atoms with E-state index in [1.165, 1.54) is 26.0 Å². The van der Waals surface area contributed by atoms with Crippen LogP contribution in [-0.4, -0.2) is 41.8 Å². The largest absolute Gasteiger partial charge is 0.480 e. The molecule has 0 aliphatic carbocycles. The molecule has 0 saturated carbocycles. The second kappa shape index (κ2) is 5.97. The molecule has 0 aromatic heterocycles. The van der Waals surface area contributed by atoms with Crippen LogP contribution in [0.1, 0.15) is 12.5 Å². The van der Waals surface area contributed by atoms with Gasteiger partial charge in [0.1, 0.15) is 6.54 Å². The highest BCUT2D eigenvalue weighted by Crippen LogP contribution is 2.29. The highest BCUT2D eigenvalue weighted by atomic mass is 32.2. The average Bonchev–Trinajstić information content (AvgIpc) is 2.34. The van der Waals surface area contributed by atoms with E-state index in [9.17, 15) is 23.3 Å². The summed E-state index contributed by atoms with van der Waals surface area (Å²) < 4.78 is 25.5. The lowest BCUT2D eigenvalue weighted by Crippen LogP contribution is -2.36. The van der Waals surface area contributed by atoms with Crippen LogP contribution >= 0.6 is 0 Å². The summed E-state index contributed by atoms with van der Waals surface area (Å²) in [5.74, 6) is -1.33. The summed E-state index contributed by atoms with van der Waals surface area (Å²) in [5, 5.41) is 19.7. The third kappa shape index (κ3) is 3.11. The highest BCUT2D eigenvalue weighted by molar-refractivity contribution is 7.89. The molecule has 0 amide bonds. The zero-order valence-corrected chi connectivity index (χ0v) is 11.8. The van der Waals surface area contributed by atoms with Gasteiger partial charge >= 0.3 is 5.97 Å². The predicted octanol–water partition coefficient (Wildman–Crippen LogP) is 0.998. The number of likely N-dealkylation sites (N-methyl/N-ethyl adjacent to an activating group) is 1. The van der Waals surface area contributed by atoms with Gasteiger partial charge in [0.15, 0.2) is 4.90 Å². The zero-order chi connectivity index (χ0) is 15.5. The normalized spacial score (nSPS) is 11.6. The van der Waals surface area contributed by atoms with Crippen LogP contribution in [0.2, 0.25) is 0 Å². The number of benzene rings is 1. The maximum absolute atomic E-state index is 12.4. The zero-order valence-electron chi connectivity index (χ0n) is 10.9. The molecule has 0 radical (unpaired) electrons. The lowest BCUT2D eigenvalue weighted by molar-refractivity contribution is -0.387. The van der Waals surface area contributed by atoms with Crippen molar-refractivity contribution in [2.75, 3.05) is 13.1 Å². The maximum Gasteiger partial charge on any atom is 0.318 e. The molecule has 0 heterocycles. The van der Waals surface area contributed by atoms with E-state index in [4.69, 9.17) is 5.11 Å². The van der Waals surface area contributed by atoms with Crippen molar-refractivity contribution in [3.63, 3.8) is 0 Å². The van der Waals surface area contributed by atoms with Gasteiger partial charge in [-0.25, -0.2) is 8.42 Å². The third-order valence-electron chi connectivity index (χ3n) is 2.65. The quantitative estimate of drug-likeness (QED) is 0.618. The van der Waals surface area contributed by atoms with Gasteiger partial charge in [-0.2, -0.15) is 4.31 Å². The first-order valence-corrected chi connectivity index (χ1v) is 7.11. The number of hydrogen-bond acceptors (Lipinski definition) is 5. The van der Waals surface area contributed by atoms with Crippen molar-refractivity contribution < 1.29 is 23.2 Å². The first-order valence-electron chi connectivity index (χ1n) is 5.67. The molecular formula is C11H14N2O6S. The van der Waals surface area contributed by atoms with Crippen LogP contribution in [0, 0.1) is 17.0 Å². The topological polar surface area (TPSA) is 118 Å². The first-order chi connectivity index (χ1) is 9.21. The maximum atomic E-state index is 12.4. The molecule has 9 heteroatoms. The van der Waals surface area contributed by atoms with Crippen LogP contribution in [0.25, 0.3) is 0 Å². The number of nitro groups is 1. The fourth-order valence-electron chi connectivity index (χ4n) is 1.76. The van der Waals surface area contributed by atoms with Crippen LogP contribution in [0.15, 0.2) is 23.1 Å². The Labute approximate surface area is 115 Å². The molecule has 1 aromatic carbocycles. The van der Waals surface area contributed by atoms with Crippen LogP contribution in [-0.2, 0) is 14.8 Å². The van der Waals surface area contributed by atoms with Crippen LogP contribution in [0.4, 0.5) is 5.69 Å². The molecule has 0 aliphatic rings. The second-order valence-corrected chi connectivity index (χ2v) is 5.88. The number of hydrogen-bond donors (Lipinski definition) is 1. The summed E-state index contributed by atoms with van der Waals surface area (Å²) in [6.45, 7) is 2.05. The van der Waals surface area contributed by atoms with Crippen LogP contribution in [0.5, 0.6) is 0 Å². The Bertz CT molecular complexity index is 640. The van der Waals surface area contributed by atoms with Gasteiger partial charge in [-0.3, -0.25) is 14.9 Å². The highest BCUT2D eigenvalue weighted by Gasteiger charge is 2.33. The third-order valence-corrected chi connectivity index (χ3v) is 4.76. The van der Waals surface area contributed by atoms with Crippen molar-refractivity contribution in [3.8, 4) is 0 Å². The minimum Gasteiger partial charge on any atom is -0.480 e. The summed E-state index contributed by atoms with van der Waals surface area (Å²) in [7, 11) is -4.24. The fraction of sp³-hybridized carbons (Fsp3) is 0.364. The molecule has 0 atom stereocenters. The number of carboxylic acids is 1. The van der Waals surface area contributed by atoms with Crippen molar-refractivity contribution in [2.24, 2.45) is 0 Å². The molecule has 0 bridgehead atoms. The van der Waals surface area contributed by atoms with Gasteiger partial charge in [-0.1, -0.05) is 19.1 Å². The molecule has 1 N–H and O–H groups in total. The molecule has 0 saturated heterocycles. The number of nitro benzene ring substituents is 1. The number of carboxylic acid groups (broad SMARTS) is 1. The number of aryl methyl sites for hydroxylation is 1. The molecule has 0 fully saturated rings. The second-order valence-electron chi connectivity index (χ2n) is 4.01. The summed E-state index contributed by atoms with van der Waals surface area (Å²) >= 11 is 0. The van der Waals surface area contributed by atoms with Crippen molar-refractivity contribution >= 4 is 21.7 Å². The van der Waals surface area contributed by atoms with E-state index in [2.05, 4.69) is 0 Å². The van der Waals surface area contributed by atoms with Gasteiger partial charge in [-0.05, 0) is 12.5 Å². The summed E-state index contributed by atoms with van der Waals surface area (Å²) in [5.41, 5.74) is -0.364. The molecule has 0 aliphatic heterocycles. The van der Waals surface area contributed by atoms with Crippen molar-refractivity contribution in [1.29, 1.82) is 0 Å². The van der Waals surface area contributed by atoms with E-state index in [1.807, 2.05) is 0 Å². The van der Waals surface area contributed by atoms with Gasteiger partial charge in [0, 0.05) is 12.6 Å². The fourth-order valence-corrected chi connectivity index (χ4v) is 3.52. The van der Waals surface area contributed by atoms with E-state index < -0.39 is 38.0 Å². The summed E-state index contributed by atoms with van der Waals surface area (Å²) in [4.78, 5) is 20.4. The molecule has 110 valence electrons. The minimum absolute atomic E-state index is 0.0971. The molecule has 1 rings (SSSR count). The molecule has 0 unspecified atom stereocenters. The number of rotatable bonds is 6. The van der Waals surface area contributed by atoms with Crippen LogP contribution < -0.4 is 0 Å². The molecule has 0 spiro atoms. The number of nitrogens with zero attached hydrogens (tertiary/aromatic N) is 2. The molecular weight excluding hydrogens is 288 g/mol. The van der Waals surface area contributed by atoms with E-state index in [1.54, 1.807) is 0 Å². The summed E-state index contributed by atoms with van der Waals surface area (Å²) in [6, 6.07) is 3.88. The number of carbonyl (C=O) groups is 1. The number of sulfonamides is 1. The van der Waals surface area contributed by atoms with Gasteiger partial charge in [-0.15, -0.1) is 0 Å². The lowest BCUT2D eigenvalue weighted by Gasteiger charge is -2.19. The Morgan fingerprint density at radius 1 is 1.45 bits per heavy atom. The standard InChI is InChI=1S/C11H14N2O6S/c1-3-12(7-10(14)15)20(18,19)11-8(2)5-4-6-9(11)13(16)17/h4-6H,3,7H2,1-2H3,(H,14,15). The Morgan fingerprint density at radius 2 is 2.05 bits per heavy atom. The Morgan fingerprint density at radius 3 is 2.50 bits per heavy atom. The smallest absolute Gasteiger partial charge is 0.318 e. The Hall–Kier alpha value is -2.00. The van der Waals surface area contributed by atoms with E-state index in [-0.39, 0.29) is 12.1 Å². The SMILES string of the molecule is CCN(CC(=O)O)S(=O)(=O)c1c(C)cccc1[N+](=O)[O-]. The monoisotopic (exact) mass is 302 g/mol. The summed E-state index contributed by atoms with van der Waals surface area (Å²) in [6.07, 6.45) is 0. The van der Waals surface area contributed by atoms with Crippen molar-refractivity contribution in [3.05, 3.63) is 33.9 Å². The average molecular weight is 302 g/mol. The lowest BCUT2D eigenvalue weighted by atomic mass is 10.2. The van der Waals surface area contributed by atoms with Gasteiger partial charge < -0.3 is 5.11 Å².